The molecule has 0 N–H and O–H groups in total. The Morgan fingerprint density at radius 3 is 2.11 bits per heavy atom. The van der Waals surface area contributed by atoms with Crippen molar-refractivity contribution in [3.63, 3.8) is 0 Å². The van der Waals surface area contributed by atoms with Gasteiger partial charge in [-0.2, -0.15) is 0 Å². The molecule has 274 valence electrons. The highest BCUT2D eigenvalue weighted by molar-refractivity contribution is 6.32. The summed E-state index contributed by atoms with van der Waals surface area (Å²) in [6, 6.07) is 30.3. The van der Waals surface area contributed by atoms with E-state index in [1.807, 2.05) is 56.0 Å². The van der Waals surface area contributed by atoms with Crippen LogP contribution >= 0.6 is 11.6 Å². The average Bonchev–Trinajstić information content (AvgIpc) is 3.17. The van der Waals surface area contributed by atoms with Crippen LogP contribution in [-0.4, -0.2) is 53.5 Å². The molecule has 4 aromatic carbocycles. The lowest BCUT2D eigenvalue weighted by Crippen LogP contribution is -2.48. The molecule has 0 spiro atoms. The Kier molecular flexibility index (Phi) is 12.4. The van der Waals surface area contributed by atoms with Crippen molar-refractivity contribution in [2.24, 2.45) is 0 Å². The lowest BCUT2D eigenvalue weighted by molar-refractivity contribution is -0.128. The Hall–Kier alpha value is -5.18. The number of aryl methyl sites for hydroxylation is 2. The number of halogens is 2. The first-order chi connectivity index (χ1) is 25.6. The van der Waals surface area contributed by atoms with E-state index >= 15 is 0 Å². The smallest absolute Gasteiger partial charge is 0.249 e. The number of allylic oxidation sites excluding steroid dienone is 1. The zero-order chi connectivity index (χ0) is 37.3. The number of piperazine rings is 1. The SMILES string of the molecule is CC(C(=O)N1CCN(Cc2ccc(CCOc3ccc(F)cc3)cc2)CC1)=C(C)c1cc(C)c(Oc2ccc(OCc3ccc(C)cc3)cn2)c(Cl)c1. The van der Waals surface area contributed by atoms with Crippen LogP contribution in [0.25, 0.3) is 5.57 Å². The molecule has 9 heteroatoms. The van der Waals surface area contributed by atoms with Gasteiger partial charge in [-0.25, -0.2) is 9.37 Å². The number of pyridine rings is 1. The van der Waals surface area contributed by atoms with E-state index in [9.17, 15) is 9.18 Å². The van der Waals surface area contributed by atoms with Crippen LogP contribution in [0.15, 0.2) is 109 Å². The number of carbonyl (C=O) groups excluding carboxylic acids is 1. The number of hydrogen-bond acceptors (Lipinski definition) is 6. The van der Waals surface area contributed by atoms with E-state index in [0.29, 0.717) is 60.0 Å². The first-order valence-electron chi connectivity index (χ1n) is 17.9. The molecule has 5 aromatic rings. The van der Waals surface area contributed by atoms with Gasteiger partial charge in [0.25, 0.3) is 0 Å². The summed E-state index contributed by atoms with van der Waals surface area (Å²) in [5.74, 6) is 2.01. The lowest BCUT2D eigenvalue weighted by atomic mass is 9.99. The van der Waals surface area contributed by atoms with E-state index in [0.717, 1.165) is 48.3 Å². The molecule has 2 heterocycles. The third-order valence-corrected chi connectivity index (χ3v) is 9.83. The summed E-state index contributed by atoms with van der Waals surface area (Å²) >= 11 is 6.75. The number of rotatable bonds is 13. The zero-order valence-electron chi connectivity index (χ0n) is 30.7. The summed E-state index contributed by atoms with van der Waals surface area (Å²) in [6.07, 6.45) is 2.41. The third-order valence-electron chi connectivity index (χ3n) is 9.55. The molecule has 0 aliphatic carbocycles. The van der Waals surface area contributed by atoms with E-state index in [2.05, 4.69) is 53.2 Å². The fraction of sp³-hybridized carbons (Fsp3) is 0.273. The standard InChI is InChI=1S/C44H45ClFN3O4/c1-30-5-7-36(8-6-30)29-52-40-17-18-42(47-27-40)53-43-31(2)25-37(26-41(43)45)32(3)33(4)44(50)49-22-20-48(21-23-49)28-35-11-9-34(10-12-35)19-24-51-39-15-13-38(46)14-16-39/h5-18,25-27H,19-24,28-29H2,1-4H3. The van der Waals surface area contributed by atoms with Crippen LogP contribution in [0.5, 0.6) is 23.1 Å². The number of carbonyl (C=O) groups is 1. The van der Waals surface area contributed by atoms with Gasteiger partial charge in [-0.05, 0) is 104 Å². The molecule has 0 atom stereocenters. The van der Waals surface area contributed by atoms with Crippen molar-refractivity contribution in [2.75, 3.05) is 32.8 Å². The van der Waals surface area contributed by atoms with Gasteiger partial charge in [-0.3, -0.25) is 9.69 Å². The Morgan fingerprint density at radius 2 is 1.45 bits per heavy atom. The van der Waals surface area contributed by atoms with Crippen molar-refractivity contribution in [3.05, 3.63) is 153 Å². The van der Waals surface area contributed by atoms with Crippen molar-refractivity contribution >= 4 is 23.1 Å². The van der Waals surface area contributed by atoms with Gasteiger partial charge in [0.1, 0.15) is 23.9 Å². The number of benzene rings is 4. The minimum Gasteiger partial charge on any atom is -0.493 e. The maximum Gasteiger partial charge on any atom is 0.249 e. The lowest BCUT2D eigenvalue weighted by Gasteiger charge is -2.35. The van der Waals surface area contributed by atoms with Gasteiger partial charge in [0.05, 0.1) is 17.8 Å². The minimum atomic E-state index is -0.272. The van der Waals surface area contributed by atoms with Gasteiger partial charge in [0, 0.05) is 50.8 Å². The van der Waals surface area contributed by atoms with E-state index in [-0.39, 0.29) is 11.7 Å². The molecule has 1 aliphatic rings. The molecule has 0 radical (unpaired) electrons. The molecule has 0 bridgehead atoms. The van der Waals surface area contributed by atoms with Gasteiger partial charge in [0.15, 0.2) is 5.75 Å². The highest BCUT2D eigenvalue weighted by Gasteiger charge is 2.24. The number of amides is 1. The highest BCUT2D eigenvalue weighted by Crippen LogP contribution is 2.36. The Morgan fingerprint density at radius 1 is 0.792 bits per heavy atom. The first-order valence-corrected chi connectivity index (χ1v) is 18.3. The van der Waals surface area contributed by atoms with E-state index < -0.39 is 0 Å². The molecule has 6 rings (SSSR count). The molecule has 1 aliphatic heterocycles. The summed E-state index contributed by atoms with van der Waals surface area (Å²) in [4.78, 5) is 22.3. The maximum absolute atomic E-state index is 13.6. The van der Waals surface area contributed by atoms with Crippen molar-refractivity contribution in [3.8, 4) is 23.1 Å². The second-order valence-electron chi connectivity index (χ2n) is 13.5. The van der Waals surface area contributed by atoms with Gasteiger partial charge >= 0.3 is 0 Å². The van der Waals surface area contributed by atoms with E-state index in [4.69, 9.17) is 25.8 Å². The molecule has 53 heavy (non-hydrogen) atoms. The van der Waals surface area contributed by atoms with E-state index in [1.54, 1.807) is 24.4 Å². The Labute approximate surface area is 316 Å². The number of ether oxygens (including phenoxy) is 3. The first kappa shape index (κ1) is 37.6. The molecule has 7 nitrogen and oxygen atoms in total. The Balaban J connectivity index is 0.979. The predicted molar refractivity (Wildman–Crippen MR) is 208 cm³/mol. The van der Waals surface area contributed by atoms with Crippen LogP contribution in [0.3, 0.4) is 0 Å². The summed E-state index contributed by atoms with van der Waals surface area (Å²) < 4.78 is 30.8. The number of aromatic nitrogens is 1. The Bertz CT molecular complexity index is 2000. The fourth-order valence-corrected chi connectivity index (χ4v) is 6.46. The van der Waals surface area contributed by atoms with Crippen LogP contribution in [0.4, 0.5) is 4.39 Å². The van der Waals surface area contributed by atoms with Crippen molar-refractivity contribution in [1.82, 2.24) is 14.8 Å². The van der Waals surface area contributed by atoms with Crippen molar-refractivity contribution < 1.29 is 23.4 Å². The van der Waals surface area contributed by atoms with Crippen molar-refractivity contribution in [2.45, 2.75) is 47.3 Å². The molecule has 1 fully saturated rings. The largest absolute Gasteiger partial charge is 0.493 e. The quantitative estimate of drug-likeness (QED) is 0.112. The molecular weight excluding hydrogens is 689 g/mol. The summed E-state index contributed by atoms with van der Waals surface area (Å²) in [5.41, 5.74) is 8.01. The molecule has 1 aromatic heterocycles. The van der Waals surface area contributed by atoms with Gasteiger partial charge < -0.3 is 19.1 Å². The monoisotopic (exact) mass is 733 g/mol. The van der Waals surface area contributed by atoms with Crippen LogP contribution in [0.2, 0.25) is 5.02 Å². The minimum absolute atomic E-state index is 0.0392. The molecule has 0 unspecified atom stereocenters. The van der Waals surface area contributed by atoms with Gasteiger partial charge in [-0.15, -0.1) is 0 Å². The topological polar surface area (TPSA) is 64.1 Å². The molecular formula is C44H45ClFN3O4. The van der Waals surface area contributed by atoms with Crippen molar-refractivity contribution in [1.29, 1.82) is 0 Å². The van der Waals surface area contributed by atoms with Gasteiger partial charge in [0.2, 0.25) is 11.8 Å². The van der Waals surface area contributed by atoms with Gasteiger partial charge in [-0.1, -0.05) is 65.7 Å². The third kappa shape index (κ3) is 10.2. The number of hydrogen-bond donors (Lipinski definition) is 0. The normalized spacial score (nSPS) is 13.7. The molecule has 1 saturated heterocycles. The number of nitrogens with zero attached hydrogens (tertiary/aromatic N) is 3. The summed E-state index contributed by atoms with van der Waals surface area (Å²) in [7, 11) is 0. The van der Waals surface area contributed by atoms with E-state index in [1.165, 1.54) is 28.8 Å². The van der Waals surface area contributed by atoms with Crippen LogP contribution < -0.4 is 14.2 Å². The summed E-state index contributed by atoms with van der Waals surface area (Å²) in [6.45, 7) is 12.6. The van der Waals surface area contributed by atoms with Crippen LogP contribution in [0, 0.1) is 19.7 Å². The second-order valence-corrected chi connectivity index (χ2v) is 13.9. The second kappa shape index (κ2) is 17.6. The summed E-state index contributed by atoms with van der Waals surface area (Å²) in [5, 5.41) is 0.445. The predicted octanol–water partition coefficient (Wildman–Crippen LogP) is 9.62. The molecule has 0 saturated carbocycles. The molecule has 1 amide bonds. The highest BCUT2D eigenvalue weighted by atomic mass is 35.5. The van der Waals surface area contributed by atoms with Crippen LogP contribution in [0.1, 0.15) is 47.2 Å². The fourth-order valence-electron chi connectivity index (χ4n) is 6.15. The maximum atomic E-state index is 13.6. The average molecular weight is 734 g/mol. The van der Waals surface area contributed by atoms with Crippen LogP contribution in [-0.2, 0) is 24.4 Å². The zero-order valence-corrected chi connectivity index (χ0v) is 31.5.